The molecule has 0 heterocycles. The summed E-state index contributed by atoms with van der Waals surface area (Å²) >= 11 is 0. The Morgan fingerprint density at radius 3 is 2.59 bits per heavy atom. The van der Waals surface area contributed by atoms with Gasteiger partial charge in [-0.05, 0) is 63.5 Å². The summed E-state index contributed by atoms with van der Waals surface area (Å²) in [4.78, 5) is 11.5. The van der Waals surface area contributed by atoms with Gasteiger partial charge in [-0.1, -0.05) is 74.3 Å². The molecule has 0 aromatic rings. The molecule has 0 saturated carbocycles. The number of ether oxygens (including phenoxy) is 1. The quantitative estimate of drug-likeness (QED) is 0.315. The van der Waals surface area contributed by atoms with Gasteiger partial charge in [0.1, 0.15) is 6.61 Å². The Balaban J connectivity index is 2.55. The SMILES string of the molecule is CCCCC(=O)OC/C=C(C)/C=C\C=C(C)\C=C\C1=C(C)CCCC1(C)C. The summed E-state index contributed by atoms with van der Waals surface area (Å²) in [6, 6.07) is 0. The van der Waals surface area contributed by atoms with E-state index in [0.29, 0.717) is 13.0 Å². The highest BCUT2D eigenvalue weighted by Gasteiger charge is 2.26. The van der Waals surface area contributed by atoms with Crippen molar-refractivity contribution in [1.29, 1.82) is 0 Å². The molecule has 0 atom stereocenters. The van der Waals surface area contributed by atoms with Gasteiger partial charge in [0, 0.05) is 6.42 Å². The lowest BCUT2D eigenvalue weighted by Gasteiger charge is -2.32. The number of unbranched alkanes of at least 4 members (excludes halogenated alkanes) is 1. The molecule has 0 fully saturated rings. The van der Waals surface area contributed by atoms with Crippen molar-refractivity contribution >= 4 is 5.97 Å². The Labute approximate surface area is 166 Å². The van der Waals surface area contributed by atoms with Crippen LogP contribution >= 0.6 is 0 Å². The van der Waals surface area contributed by atoms with E-state index in [4.69, 9.17) is 4.74 Å². The molecule has 1 rings (SSSR count). The van der Waals surface area contributed by atoms with Crippen molar-refractivity contribution in [3.63, 3.8) is 0 Å². The molecule has 0 amide bonds. The highest BCUT2D eigenvalue weighted by Crippen LogP contribution is 2.40. The van der Waals surface area contributed by atoms with E-state index >= 15 is 0 Å². The van der Waals surface area contributed by atoms with Crippen LogP contribution in [0.1, 0.15) is 80.1 Å². The predicted octanol–water partition coefficient (Wildman–Crippen LogP) is 7.25. The fourth-order valence-corrected chi connectivity index (χ4v) is 3.36. The summed E-state index contributed by atoms with van der Waals surface area (Å²) < 4.78 is 5.20. The number of esters is 1. The van der Waals surface area contributed by atoms with E-state index in [1.54, 1.807) is 0 Å². The largest absolute Gasteiger partial charge is 0.461 e. The molecule has 2 heteroatoms. The second-order valence-electron chi connectivity index (χ2n) is 8.27. The molecule has 0 unspecified atom stereocenters. The van der Waals surface area contributed by atoms with E-state index in [1.165, 1.54) is 36.0 Å². The molecule has 0 saturated heterocycles. The Bertz CT molecular complexity index is 639. The van der Waals surface area contributed by atoms with E-state index in [2.05, 4.69) is 58.9 Å². The Kier molecular flexibility index (Phi) is 10.1. The van der Waals surface area contributed by atoms with Crippen LogP contribution in [0.3, 0.4) is 0 Å². The highest BCUT2D eigenvalue weighted by atomic mass is 16.5. The summed E-state index contributed by atoms with van der Waals surface area (Å²) in [5, 5.41) is 0. The molecule has 0 spiro atoms. The second-order valence-corrected chi connectivity index (χ2v) is 8.27. The van der Waals surface area contributed by atoms with E-state index in [-0.39, 0.29) is 11.4 Å². The number of rotatable bonds is 9. The molecule has 0 bridgehead atoms. The van der Waals surface area contributed by atoms with Gasteiger partial charge < -0.3 is 4.74 Å². The van der Waals surface area contributed by atoms with Gasteiger partial charge in [0.15, 0.2) is 0 Å². The lowest BCUT2D eigenvalue weighted by Crippen LogP contribution is -2.19. The zero-order chi connectivity index (χ0) is 20.3. The first-order valence-corrected chi connectivity index (χ1v) is 10.3. The maximum Gasteiger partial charge on any atom is 0.306 e. The Hall–Kier alpha value is -1.83. The third-order valence-electron chi connectivity index (χ3n) is 5.16. The summed E-state index contributed by atoms with van der Waals surface area (Å²) in [5.41, 5.74) is 5.62. The van der Waals surface area contributed by atoms with Crippen molar-refractivity contribution in [3.8, 4) is 0 Å². The number of hydrogen-bond acceptors (Lipinski definition) is 2. The fourth-order valence-electron chi connectivity index (χ4n) is 3.36. The molecule has 0 radical (unpaired) electrons. The van der Waals surface area contributed by atoms with Crippen molar-refractivity contribution in [2.45, 2.75) is 80.1 Å². The maximum absolute atomic E-state index is 11.5. The molecule has 0 N–H and O–H groups in total. The summed E-state index contributed by atoms with van der Waals surface area (Å²) in [6.07, 6.45) is 18.9. The van der Waals surface area contributed by atoms with Gasteiger partial charge >= 0.3 is 5.97 Å². The molecule has 0 aromatic heterocycles. The monoisotopic (exact) mass is 370 g/mol. The Morgan fingerprint density at radius 2 is 1.93 bits per heavy atom. The van der Waals surface area contributed by atoms with Crippen LogP contribution in [0.2, 0.25) is 0 Å². The highest BCUT2D eigenvalue weighted by molar-refractivity contribution is 5.69. The zero-order valence-corrected chi connectivity index (χ0v) is 18.2. The van der Waals surface area contributed by atoms with Gasteiger partial charge in [-0.25, -0.2) is 0 Å². The molecule has 0 aromatic carbocycles. The van der Waals surface area contributed by atoms with Crippen molar-refractivity contribution in [2.24, 2.45) is 5.41 Å². The van der Waals surface area contributed by atoms with Crippen LogP contribution in [0.25, 0.3) is 0 Å². The van der Waals surface area contributed by atoms with Gasteiger partial charge in [-0.15, -0.1) is 0 Å². The van der Waals surface area contributed by atoms with Crippen LogP contribution in [0.5, 0.6) is 0 Å². The van der Waals surface area contributed by atoms with E-state index < -0.39 is 0 Å². The van der Waals surface area contributed by atoms with Crippen molar-refractivity contribution < 1.29 is 9.53 Å². The first-order valence-electron chi connectivity index (χ1n) is 10.3. The van der Waals surface area contributed by atoms with Gasteiger partial charge in [0.25, 0.3) is 0 Å². The topological polar surface area (TPSA) is 26.3 Å². The standard InChI is InChI=1S/C25H38O2/c1-7-8-14-24(26)27-19-17-21(3)12-9-11-20(2)15-16-23-22(4)13-10-18-25(23,5)6/h9,11-12,15-17H,7-8,10,13-14,18-19H2,1-6H3/b12-9-,16-15+,20-11+,21-17+. The molecule has 0 aliphatic heterocycles. The third-order valence-corrected chi connectivity index (χ3v) is 5.16. The summed E-state index contributed by atoms with van der Waals surface area (Å²) in [7, 11) is 0. The molecular weight excluding hydrogens is 332 g/mol. The molecule has 1 aliphatic carbocycles. The molecular formula is C25H38O2. The average Bonchev–Trinajstić information content (AvgIpc) is 2.59. The van der Waals surface area contributed by atoms with E-state index in [1.807, 2.05) is 19.1 Å². The Morgan fingerprint density at radius 1 is 1.19 bits per heavy atom. The number of allylic oxidation sites excluding steroid dienone is 9. The normalized spacial score (nSPS) is 18.6. The second kappa shape index (κ2) is 11.8. The van der Waals surface area contributed by atoms with Crippen LogP contribution in [0, 0.1) is 5.41 Å². The molecule has 1 aliphatic rings. The number of hydrogen-bond donors (Lipinski definition) is 0. The van der Waals surface area contributed by atoms with Gasteiger partial charge in [0.05, 0.1) is 0 Å². The van der Waals surface area contributed by atoms with Crippen LogP contribution in [-0.4, -0.2) is 12.6 Å². The van der Waals surface area contributed by atoms with E-state index in [0.717, 1.165) is 18.4 Å². The van der Waals surface area contributed by atoms with Crippen LogP contribution in [0.4, 0.5) is 0 Å². The van der Waals surface area contributed by atoms with Crippen molar-refractivity contribution in [1.82, 2.24) is 0 Å². The summed E-state index contributed by atoms with van der Waals surface area (Å²) in [6.45, 7) is 13.5. The van der Waals surface area contributed by atoms with Crippen molar-refractivity contribution in [2.75, 3.05) is 6.61 Å². The van der Waals surface area contributed by atoms with Gasteiger partial charge in [-0.2, -0.15) is 0 Å². The predicted molar refractivity (Wildman–Crippen MR) is 117 cm³/mol. The first kappa shape index (κ1) is 23.2. The number of carbonyl (C=O) groups excluding carboxylic acids is 1. The summed E-state index contributed by atoms with van der Waals surface area (Å²) in [5.74, 6) is -0.110. The van der Waals surface area contributed by atoms with Crippen LogP contribution in [-0.2, 0) is 9.53 Å². The third kappa shape index (κ3) is 9.08. The fraction of sp³-hybridized carbons (Fsp3) is 0.560. The first-order chi connectivity index (χ1) is 12.8. The lowest BCUT2D eigenvalue weighted by atomic mass is 9.72. The minimum atomic E-state index is -0.110. The zero-order valence-electron chi connectivity index (χ0n) is 18.2. The molecule has 150 valence electrons. The maximum atomic E-state index is 11.5. The minimum absolute atomic E-state index is 0.110. The molecule has 2 nitrogen and oxygen atoms in total. The van der Waals surface area contributed by atoms with Crippen LogP contribution in [0.15, 0.2) is 58.7 Å². The minimum Gasteiger partial charge on any atom is -0.461 e. The van der Waals surface area contributed by atoms with Gasteiger partial charge in [0.2, 0.25) is 0 Å². The van der Waals surface area contributed by atoms with E-state index in [9.17, 15) is 4.79 Å². The molecule has 27 heavy (non-hydrogen) atoms. The van der Waals surface area contributed by atoms with Gasteiger partial charge in [-0.3, -0.25) is 4.79 Å². The number of carbonyl (C=O) groups is 1. The van der Waals surface area contributed by atoms with Crippen molar-refractivity contribution in [3.05, 3.63) is 58.7 Å². The average molecular weight is 371 g/mol. The van der Waals surface area contributed by atoms with Crippen LogP contribution < -0.4 is 0 Å². The smallest absolute Gasteiger partial charge is 0.306 e. The lowest BCUT2D eigenvalue weighted by molar-refractivity contribution is -0.142.